The van der Waals surface area contributed by atoms with Gasteiger partial charge in [-0.3, -0.25) is 4.90 Å². The molecule has 0 saturated carbocycles. The Balaban J connectivity index is 1.69. The summed E-state index contributed by atoms with van der Waals surface area (Å²) in [4.78, 5) is 17.9. The van der Waals surface area contributed by atoms with Crippen molar-refractivity contribution in [3.05, 3.63) is 59.3 Å². The first-order chi connectivity index (χ1) is 11.7. The highest BCUT2D eigenvalue weighted by Gasteiger charge is 2.23. The summed E-state index contributed by atoms with van der Waals surface area (Å²) in [5, 5.41) is 12.1. The maximum Gasteiger partial charge on any atom is 0.335 e. The van der Waals surface area contributed by atoms with E-state index in [4.69, 9.17) is 9.84 Å². The lowest BCUT2D eigenvalue weighted by Crippen LogP contribution is -2.38. The molecule has 2 N–H and O–H groups in total. The number of carbonyl (C=O) groups is 1. The number of pyridine rings is 1. The number of carboxylic acids is 1. The molecule has 6 heteroatoms. The van der Waals surface area contributed by atoms with E-state index in [0.29, 0.717) is 18.7 Å². The number of aromatic nitrogens is 1. The van der Waals surface area contributed by atoms with Crippen LogP contribution in [0.15, 0.2) is 42.5 Å². The summed E-state index contributed by atoms with van der Waals surface area (Å²) >= 11 is 0. The fourth-order valence-corrected chi connectivity index (χ4v) is 2.86. The summed E-state index contributed by atoms with van der Waals surface area (Å²) < 4.78 is 5.87. The number of hydrogen-bond donors (Lipinski definition) is 2. The fraction of sp³-hybridized carbons (Fsp3) is 0.333. The van der Waals surface area contributed by atoms with Crippen LogP contribution in [-0.2, 0) is 11.3 Å². The molecule has 1 aromatic heterocycles. The molecule has 1 aliphatic heterocycles. The van der Waals surface area contributed by atoms with Gasteiger partial charge in [0.15, 0.2) is 0 Å². The average molecular weight is 327 g/mol. The predicted molar refractivity (Wildman–Crippen MR) is 91.2 cm³/mol. The molecular formula is C18H21N3O3. The van der Waals surface area contributed by atoms with Crippen LogP contribution in [0.25, 0.3) is 0 Å². The van der Waals surface area contributed by atoms with Crippen molar-refractivity contribution in [2.75, 3.05) is 32.1 Å². The molecule has 1 aromatic carbocycles. The van der Waals surface area contributed by atoms with E-state index in [1.54, 1.807) is 18.2 Å². The molecular weight excluding hydrogens is 306 g/mol. The molecule has 0 radical (unpaired) electrons. The molecule has 1 atom stereocenters. The number of aromatic carboxylic acids is 1. The summed E-state index contributed by atoms with van der Waals surface area (Å²) in [6.45, 7) is 2.89. The van der Waals surface area contributed by atoms with Gasteiger partial charge in [-0.15, -0.1) is 0 Å². The second-order valence-electron chi connectivity index (χ2n) is 5.80. The number of hydrogen-bond acceptors (Lipinski definition) is 5. The Morgan fingerprint density at radius 1 is 1.38 bits per heavy atom. The van der Waals surface area contributed by atoms with Gasteiger partial charge < -0.3 is 15.2 Å². The van der Waals surface area contributed by atoms with Gasteiger partial charge in [-0.1, -0.05) is 18.2 Å². The second kappa shape index (κ2) is 7.42. The summed E-state index contributed by atoms with van der Waals surface area (Å²) in [5.41, 5.74) is 2.22. The molecule has 24 heavy (non-hydrogen) atoms. The number of ether oxygens (including phenoxy) is 1. The number of nitrogens with zero attached hydrogens (tertiary/aromatic N) is 2. The molecule has 126 valence electrons. The highest BCUT2D eigenvalue weighted by Crippen LogP contribution is 2.23. The van der Waals surface area contributed by atoms with Gasteiger partial charge >= 0.3 is 5.97 Å². The largest absolute Gasteiger partial charge is 0.478 e. The zero-order valence-corrected chi connectivity index (χ0v) is 13.6. The lowest BCUT2D eigenvalue weighted by Gasteiger charge is -2.32. The molecule has 2 aromatic rings. The first-order valence-corrected chi connectivity index (χ1v) is 7.96. The van der Waals surface area contributed by atoms with E-state index in [1.165, 1.54) is 0 Å². The van der Waals surface area contributed by atoms with Gasteiger partial charge in [-0.2, -0.15) is 0 Å². The van der Waals surface area contributed by atoms with E-state index in [-0.39, 0.29) is 6.10 Å². The van der Waals surface area contributed by atoms with Crippen molar-refractivity contribution in [2.24, 2.45) is 0 Å². The molecule has 2 heterocycles. The van der Waals surface area contributed by atoms with Crippen molar-refractivity contribution in [3.8, 4) is 0 Å². The zero-order chi connectivity index (χ0) is 16.9. The third kappa shape index (κ3) is 3.90. The molecule has 0 spiro atoms. The van der Waals surface area contributed by atoms with Crippen molar-refractivity contribution in [2.45, 2.75) is 12.6 Å². The minimum Gasteiger partial charge on any atom is -0.478 e. The third-order valence-corrected chi connectivity index (χ3v) is 4.09. The Hall–Kier alpha value is -2.44. The molecule has 0 bridgehead atoms. The van der Waals surface area contributed by atoms with Crippen LogP contribution in [0.1, 0.15) is 27.7 Å². The molecule has 1 aliphatic rings. The Morgan fingerprint density at radius 3 is 3.00 bits per heavy atom. The lowest BCUT2D eigenvalue weighted by molar-refractivity contribution is -0.0349. The zero-order valence-electron chi connectivity index (χ0n) is 13.6. The van der Waals surface area contributed by atoms with E-state index in [0.717, 1.165) is 30.2 Å². The number of benzene rings is 1. The summed E-state index contributed by atoms with van der Waals surface area (Å²) in [6, 6.07) is 12.9. The molecule has 0 amide bonds. The number of anilines is 1. The van der Waals surface area contributed by atoms with Crippen LogP contribution in [0.2, 0.25) is 0 Å². The molecule has 0 unspecified atom stereocenters. The Labute approximate surface area is 141 Å². The normalized spacial score (nSPS) is 18.3. The van der Waals surface area contributed by atoms with Gasteiger partial charge in [0.1, 0.15) is 11.9 Å². The van der Waals surface area contributed by atoms with Gasteiger partial charge in [0.05, 0.1) is 17.9 Å². The Morgan fingerprint density at radius 2 is 2.21 bits per heavy atom. The van der Waals surface area contributed by atoms with Gasteiger partial charge in [0.25, 0.3) is 0 Å². The van der Waals surface area contributed by atoms with E-state index in [9.17, 15) is 4.79 Å². The highest BCUT2D eigenvalue weighted by atomic mass is 16.5. The minimum absolute atomic E-state index is 0.0743. The number of nitrogens with one attached hydrogen (secondary N) is 1. The second-order valence-corrected chi connectivity index (χ2v) is 5.80. The number of morpholine rings is 1. The van der Waals surface area contributed by atoms with E-state index >= 15 is 0 Å². The highest BCUT2D eigenvalue weighted by molar-refractivity contribution is 5.87. The van der Waals surface area contributed by atoms with Crippen LogP contribution >= 0.6 is 0 Å². The van der Waals surface area contributed by atoms with Gasteiger partial charge in [-0.25, -0.2) is 9.78 Å². The fourth-order valence-electron chi connectivity index (χ4n) is 2.86. The first kappa shape index (κ1) is 16.4. The van der Waals surface area contributed by atoms with Crippen molar-refractivity contribution in [3.63, 3.8) is 0 Å². The van der Waals surface area contributed by atoms with Gasteiger partial charge in [-0.05, 0) is 29.8 Å². The van der Waals surface area contributed by atoms with E-state index in [1.807, 2.05) is 31.3 Å². The van der Waals surface area contributed by atoms with Crippen molar-refractivity contribution in [1.82, 2.24) is 9.88 Å². The molecule has 0 aliphatic carbocycles. The Bertz CT molecular complexity index is 720. The van der Waals surface area contributed by atoms with Crippen molar-refractivity contribution >= 4 is 11.8 Å². The Kier molecular flexibility index (Phi) is 5.08. The van der Waals surface area contributed by atoms with Crippen LogP contribution in [0.5, 0.6) is 0 Å². The van der Waals surface area contributed by atoms with Crippen LogP contribution in [0, 0.1) is 0 Å². The number of carboxylic acid groups (broad SMARTS) is 1. The third-order valence-electron chi connectivity index (χ3n) is 4.09. The topological polar surface area (TPSA) is 74.7 Å². The molecule has 1 fully saturated rings. The maximum absolute atomic E-state index is 11.1. The SMILES string of the molecule is CNc1cccc([C@@H]2CN(Cc3cccc(C(=O)O)c3)CCO2)n1. The molecule has 6 nitrogen and oxygen atoms in total. The first-order valence-electron chi connectivity index (χ1n) is 7.96. The molecule has 3 rings (SSSR count). The van der Waals surface area contributed by atoms with Gasteiger partial charge in [0, 0.05) is 26.7 Å². The molecule has 1 saturated heterocycles. The monoisotopic (exact) mass is 327 g/mol. The van der Waals surface area contributed by atoms with Crippen LogP contribution in [0.3, 0.4) is 0 Å². The van der Waals surface area contributed by atoms with Crippen LogP contribution in [-0.4, -0.2) is 47.7 Å². The van der Waals surface area contributed by atoms with Crippen molar-refractivity contribution in [1.29, 1.82) is 0 Å². The lowest BCUT2D eigenvalue weighted by atomic mass is 10.1. The minimum atomic E-state index is -0.898. The summed E-state index contributed by atoms with van der Waals surface area (Å²) in [7, 11) is 1.84. The quantitative estimate of drug-likeness (QED) is 0.878. The number of rotatable bonds is 5. The smallest absolute Gasteiger partial charge is 0.335 e. The van der Waals surface area contributed by atoms with E-state index in [2.05, 4.69) is 15.2 Å². The summed E-state index contributed by atoms with van der Waals surface area (Å²) in [5.74, 6) is -0.0767. The van der Waals surface area contributed by atoms with Crippen molar-refractivity contribution < 1.29 is 14.6 Å². The van der Waals surface area contributed by atoms with Crippen LogP contribution < -0.4 is 5.32 Å². The van der Waals surface area contributed by atoms with Gasteiger partial charge in [0.2, 0.25) is 0 Å². The summed E-state index contributed by atoms with van der Waals surface area (Å²) in [6.07, 6.45) is -0.0743. The standard InChI is InChI=1S/C18H21N3O3/c1-19-17-7-3-6-15(20-17)16-12-21(8-9-24-16)11-13-4-2-5-14(10-13)18(22)23/h2-7,10,16H,8-9,11-12H2,1H3,(H,19,20)(H,22,23)/t16-/m0/s1. The van der Waals surface area contributed by atoms with E-state index < -0.39 is 5.97 Å². The predicted octanol–water partition coefficient (Wildman–Crippen LogP) is 2.40. The average Bonchev–Trinajstić information content (AvgIpc) is 2.62. The maximum atomic E-state index is 11.1. The van der Waals surface area contributed by atoms with Crippen LogP contribution in [0.4, 0.5) is 5.82 Å².